The molecule has 4 aliphatic heterocycles. The van der Waals surface area contributed by atoms with Crippen molar-refractivity contribution >= 4 is 60.2 Å². The summed E-state index contributed by atoms with van der Waals surface area (Å²) in [4.78, 5) is 47.6. The number of rotatable bonds is 23. The molecule has 0 unspecified atom stereocenters. The molecule has 24 nitrogen and oxygen atoms in total. The van der Waals surface area contributed by atoms with Crippen LogP contribution in [-0.4, -0.2) is 218 Å². The molecule has 19 atom stereocenters. The van der Waals surface area contributed by atoms with Crippen LogP contribution in [0.15, 0.2) is 35.1 Å². The van der Waals surface area contributed by atoms with Crippen LogP contribution in [0, 0.1) is 37.5 Å². The second kappa shape index (κ2) is 33.4. The minimum atomic E-state index is -1.77. The third kappa shape index (κ3) is 17.2. The molecule has 480 valence electrons. The van der Waals surface area contributed by atoms with Gasteiger partial charge in [0.05, 0.1) is 92.7 Å². The average Bonchev–Trinajstić information content (AvgIpc) is 0.989. The Hall–Kier alpha value is -3.67. The summed E-state index contributed by atoms with van der Waals surface area (Å²) in [6.07, 6.45) is -11.7. The van der Waals surface area contributed by atoms with Crippen molar-refractivity contribution in [2.75, 3.05) is 60.7 Å². The predicted octanol–water partition coefficient (Wildman–Crippen LogP) is 3.93. The number of aliphatic hydroxyl groups is 5. The Labute approximate surface area is 518 Å². The Bertz CT molecular complexity index is 2700. The predicted molar refractivity (Wildman–Crippen MR) is 323 cm³/mol. The SMILES string of the molecule is CC#C/C=C\C#C[C@H](O[C@@H]1O[C@H](C)[C@@H](NO[C@H]2C[C@H](O)[C@H](SC(=O)c3c(C)c(C)c(O[C@@H]4O[C@@H](C)[C@H](O)[C@@H](OC)[C@H]4O)c(OC)c3OC)[C@@H](C)O2)[C@H](O)[C@H]1O[C@H]1C[C@H](OC)[C@@H](NCC)CO1)C1=C(NC(=O)OC)C(=O)C[C@](C)(O)/C1=C/CSSSC. The normalized spacial score (nSPS) is 34.0. The highest BCUT2D eigenvalue weighted by molar-refractivity contribution is 9.09. The van der Waals surface area contributed by atoms with Gasteiger partial charge >= 0.3 is 6.09 Å². The van der Waals surface area contributed by atoms with E-state index in [4.69, 9.17) is 61.7 Å². The van der Waals surface area contributed by atoms with Gasteiger partial charge in [-0.25, -0.2) is 4.79 Å². The van der Waals surface area contributed by atoms with E-state index in [1.54, 1.807) is 54.7 Å². The van der Waals surface area contributed by atoms with Crippen molar-refractivity contribution in [3.63, 3.8) is 0 Å². The van der Waals surface area contributed by atoms with Gasteiger partial charge in [0.2, 0.25) is 17.2 Å². The molecule has 1 aromatic rings. The molecule has 1 aromatic carbocycles. The van der Waals surface area contributed by atoms with Crippen LogP contribution in [0.3, 0.4) is 0 Å². The van der Waals surface area contributed by atoms with E-state index in [9.17, 15) is 39.9 Å². The van der Waals surface area contributed by atoms with Crippen LogP contribution in [0.25, 0.3) is 0 Å². The second-order valence-corrected chi connectivity index (χ2v) is 26.5. The number of hydrogen-bond donors (Lipinski definition) is 8. The second-order valence-electron chi connectivity index (χ2n) is 20.9. The molecule has 4 saturated heterocycles. The zero-order valence-corrected chi connectivity index (χ0v) is 54.0. The van der Waals surface area contributed by atoms with Crippen LogP contribution in [0.5, 0.6) is 17.2 Å². The number of thioether (sulfide) groups is 1. The lowest BCUT2D eigenvalue weighted by Crippen LogP contribution is -2.65. The molecule has 5 aliphatic rings. The molecule has 6 rings (SSSR count). The first-order valence-corrected chi connectivity index (χ1v) is 32.9. The lowest BCUT2D eigenvalue weighted by atomic mass is 9.76. The van der Waals surface area contributed by atoms with Crippen LogP contribution in [0.1, 0.15) is 82.3 Å². The van der Waals surface area contributed by atoms with Crippen molar-refractivity contribution in [1.29, 1.82) is 0 Å². The number of carbonyl (C=O) groups excluding carboxylic acids is 3. The first kappa shape index (κ1) is 71.4. The highest BCUT2D eigenvalue weighted by atomic mass is 33.5. The standard InChI is InChI=1S/C58H83N3O21S4/c1-15-17-18-19-20-21-37(42-33(22-23-84-86-83-14)58(8,69)26-36(63)44(42)60-57(68)74-13)79-56-51(80-39-25-38(70-9)34(27-75-39)59-16-2)46(65)43(30(5)77-56)61-82-40-24-35(62)53(32(7)76-40)85-54(67)41-28(3)29(4)48(52(73-12)49(41)71-10)81-55-47(66)50(72-11)45(64)31(6)78-55/h18-19,22,30-32,34-35,37-40,43,45-47,50-51,53,55-56,59,61-62,64-66,69H,16,23-27H2,1-14H3,(H,60,68)/b19-18-,33-22+/t30-,31+,32-,34+,35+,37+,38+,39+,40+,43-,45+,46+,47-,50-,51-,53-,55+,56+,58+/m1/s1. The van der Waals surface area contributed by atoms with Gasteiger partial charge in [0.25, 0.3) is 0 Å². The van der Waals surface area contributed by atoms with Gasteiger partial charge in [0.1, 0.15) is 36.6 Å². The molecule has 4 fully saturated rings. The first-order valence-electron chi connectivity index (χ1n) is 27.9. The first-order chi connectivity index (χ1) is 41.0. The number of alkyl carbamates (subject to hydrolysis) is 1. The largest absolute Gasteiger partial charge is 0.492 e. The molecule has 0 bridgehead atoms. The summed E-state index contributed by atoms with van der Waals surface area (Å²) in [5.41, 5.74) is 2.20. The summed E-state index contributed by atoms with van der Waals surface area (Å²) >= 11 is 0.832. The number of hydroxylamine groups is 1. The Morgan fingerprint density at radius 3 is 2.21 bits per heavy atom. The van der Waals surface area contributed by atoms with Crippen molar-refractivity contribution in [3.05, 3.63) is 51.8 Å². The number of ether oxygens (including phenoxy) is 12. The van der Waals surface area contributed by atoms with Crippen LogP contribution >= 0.6 is 43.2 Å². The topological polar surface area (TPSA) is 308 Å². The molecular weight excluding hydrogens is 1200 g/mol. The fourth-order valence-corrected chi connectivity index (χ4v) is 14.2. The molecular formula is C58H83N3O21S4. The minimum absolute atomic E-state index is 0.0153. The average molecular weight is 1290 g/mol. The molecule has 0 radical (unpaired) electrons. The molecule has 4 heterocycles. The third-order valence-corrected chi connectivity index (χ3v) is 20.3. The van der Waals surface area contributed by atoms with Gasteiger partial charge in [-0.15, -0.1) is 5.92 Å². The maximum atomic E-state index is 14.5. The third-order valence-electron chi connectivity index (χ3n) is 15.2. The number of likely N-dealkylation sites (N-methyl/N-ethyl adjacent to an activating group) is 1. The van der Waals surface area contributed by atoms with Crippen LogP contribution in [0.2, 0.25) is 0 Å². The zero-order valence-electron chi connectivity index (χ0n) is 50.8. The lowest BCUT2D eigenvalue weighted by Gasteiger charge is -2.46. The molecule has 1 amide bonds. The number of ketones is 1. The quantitative estimate of drug-likeness (QED) is 0.0333. The zero-order chi connectivity index (χ0) is 63.2. The van der Waals surface area contributed by atoms with Crippen molar-refractivity contribution < 1.29 is 102 Å². The van der Waals surface area contributed by atoms with Crippen LogP contribution < -0.4 is 30.3 Å². The molecule has 0 aromatic heterocycles. The summed E-state index contributed by atoms with van der Waals surface area (Å²) in [6.45, 7) is 14.3. The number of amides is 1. The van der Waals surface area contributed by atoms with Gasteiger partial charge in [-0.05, 0) is 99.9 Å². The van der Waals surface area contributed by atoms with E-state index in [0.29, 0.717) is 23.4 Å². The van der Waals surface area contributed by atoms with Gasteiger partial charge in [0.15, 0.2) is 36.2 Å². The van der Waals surface area contributed by atoms with Gasteiger partial charge < -0.3 is 87.7 Å². The maximum Gasteiger partial charge on any atom is 0.411 e. The number of allylic oxidation sites excluding steroid dienone is 3. The number of aliphatic hydroxyl groups excluding tert-OH is 4. The molecule has 28 heteroatoms. The Morgan fingerprint density at radius 2 is 1.57 bits per heavy atom. The summed E-state index contributed by atoms with van der Waals surface area (Å²) in [5, 5.41) is 62.6. The number of benzene rings is 1. The van der Waals surface area contributed by atoms with E-state index in [0.717, 1.165) is 18.9 Å². The summed E-state index contributed by atoms with van der Waals surface area (Å²) in [5.74, 6) is 11.4. The van der Waals surface area contributed by atoms with E-state index >= 15 is 0 Å². The molecule has 1 aliphatic carbocycles. The minimum Gasteiger partial charge on any atom is -0.492 e. The smallest absolute Gasteiger partial charge is 0.411 e. The Kier molecular flexibility index (Phi) is 27.7. The Morgan fingerprint density at radius 1 is 0.860 bits per heavy atom. The van der Waals surface area contributed by atoms with Crippen molar-refractivity contribution in [1.82, 2.24) is 16.1 Å². The summed E-state index contributed by atoms with van der Waals surface area (Å²) in [7, 11) is 11.3. The van der Waals surface area contributed by atoms with Crippen molar-refractivity contribution in [2.45, 2.75) is 190 Å². The molecule has 0 saturated carbocycles. The van der Waals surface area contributed by atoms with Crippen LogP contribution in [0.4, 0.5) is 4.79 Å². The highest BCUT2D eigenvalue weighted by Gasteiger charge is 2.51. The number of nitrogens with one attached hydrogen (secondary N) is 3. The molecule has 86 heavy (non-hydrogen) atoms. The highest BCUT2D eigenvalue weighted by Crippen LogP contribution is 2.48. The maximum absolute atomic E-state index is 14.5. The number of carbonyl (C=O) groups is 3. The van der Waals surface area contributed by atoms with E-state index in [2.05, 4.69) is 39.8 Å². The fourth-order valence-electron chi connectivity index (χ4n) is 10.7. The van der Waals surface area contributed by atoms with E-state index in [1.807, 2.05) is 13.2 Å². The summed E-state index contributed by atoms with van der Waals surface area (Å²) in [6, 6.07) is -1.28. The van der Waals surface area contributed by atoms with E-state index in [1.165, 1.54) is 71.8 Å². The van der Waals surface area contributed by atoms with Gasteiger partial charge in [-0.2, -0.15) is 5.48 Å². The molecule has 0 spiro atoms. The fraction of sp³-hybridized carbons (Fsp3) is 0.672. The summed E-state index contributed by atoms with van der Waals surface area (Å²) < 4.78 is 72.3. The van der Waals surface area contributed by atoms with Gasteiger partial charge in [-0.3, -0.25) is 19.7 Å². The number of methoxy groups -OCH3 is 5. The van der Waals surface area contributed by atoms with Gasteiger partial charge in [-0.1, -0.05) is 64.1 Å². The van der Waals surface area contributed by atoms with E-state index < -0.39 is 127 Å². The van der Waals surface area contributed by atoms with Gasteiger partial charge in [0, 0.05) is 44.8 Å². The van der Waals surface area contributed by atoms with E-state index in [-0.39, 0.29) is 71.2 Å². The number of hydrogen-bond acceptors (Lipinski definition) is 27. The Balaban J connectivity index is 1.27. The lowest BCUT2D eigenvalue weighted by molar-refractivity contribution is -0.336. The number of Topliss-reactive ketones (excluding diaryl/α,β-unsaturated/α-hetero) is 1. The van der Waals surface area contributed by atoms with Crippen molar-refractivity contribution in [2.24, 2.45) is 0 Å². The molecule has 8 N–H and O–H groups in total. The monoisotopic (exact) mass is 1290 g/mol. The van der Waals surface area contributed by atoms with Crippen LogP contribution in [-0.2, 0) is 52.3 Å². The van der Waals surface area contributed by atoms with Crippen molar-refractivity contribution in [3.8, 4) is 40.9 Å².